The minimum Gasteiger partial charge on any atom is -0.324 e. The molecule has 2 aliphatic carbocycles. The first-order valence-corrected chi connectivity index (χ1v) is 8.45. The fourth-order valence-electron chi connectivity index (χ4n) is 3.25. The summed E-state index contributed by atoms with van der Waals surface area (Å²) >= 11 is 0. The van der Waals surface area contributed by atoms with Gasteiger partial charge in [0, 0.05) is 17.1 Å². The average molecular weight is 344 g/mol. The van der Waals surface area contributed by atoms with Crippen molar-refractivity contribution in [1.82, 2.24) is 5.32 Å². The second-order valence-corrected chi connectivity index (χ2v) is 7.97. The largest absolute Gasteiger partial charge is 0.419 e. The highest BCUT2D eigenvalue weighted by atomic mass is 19.4. The Kier molecular flexibility index (Phi) is 4.20. The average Bonchev–Trinajstić information content (AvgIpc) is 3.32. The van der Waals surface area contributed by atoms with Crippen molar-refractivity contribution >= 4 is 0 Å². The summed E-state index contributed by atoms with van der Waals surface area (Å²) in [6.07, 6.45) is 0.113. The fourth-order valence-corrected chi connectivity index (χ4v) is 3.25. The highest BCUT2D eigenvalue weighted by Gasteiger charge is 2.49. The molecule has 2 saturated carbocycles. The second-order valence-electron chi connectivity index (χ2n) is 7.97. The molecule has 1 aromatic rings. The number of hydrogen-bond acceptors (Lipinski definition) is 2. The van der Waals surface area contributed by atoms with Crippen LogP contribution in [0.5, 0.6) is 0 Å². The Labute approximate surface area is 139 Å². The van der Waals surface area contributed by atoms with E-state index in [4.69, 9.17) is 5.73 Å². The van der Waals surface area contributed by atoms with Crippen LogP contribution in [0.15, 0.2) is 18.2 Å². The van der Waals surface area contributed by atoms with E-state index in [1.54, 1.807) is 0 Å². The lowest BCUT2D eigenvalue weighted by Gasteiger charge is -2.36. The number of alkyl halides is 3. The van der Waals surface area contributed by atoms with Gasteiger partial charge in [0.1, 0.15) is 5.82 Å². The molecule has 3 rings (SSSR count). The summed E-state index contributed by atoms with van der Waals surface area (Å²) in [5, 5.41) is 3.52. The SMILES string of the molecule is CC(C)(N)C(CC1CC1)NC1(c2ccc(F)c(C(F)(F)F)c2)CC1. The van der Waals surface area contributed by atoms with Crippen molar-refractivity contribution in [2.45, 2.75) is 69.2 Å². The molecule has 3 N–H and O–H groups in total. The molecule has 0 heterocycles. The van der Waals surface area contributed by atoms with Crippen LogP contribution in [0.2, 0.25) is 0 Å². The van der Waals surface area contributed by atoms with E-state index in [1.807, 2.05) is 13.8 Å². The van der Waals surface area contributed by atoms with Gasteiger partial charge in [-0.2, -0.15) is 13.2 Å². The molecule has 6 heteroatoms. The highest BCUT2D eigenvalue weighted by molar-refractivity contribution is 5.36. The highest BCUT2D eigenvalue weighted by Crippen LogP contribution is 2.48. The number of nitrogens with two attached hydrogens (primary N) is 1. The molecule has 0 aromatic heterocycles. The van der Waals surface area contributed by atoms with Gasteiger partial charge in [-0.15, -0.1) is 0 Å². The molecule has 134 valence electrons. The quantitative estimate of drug-likeness (QED) is 0.754. The van der Waals surface area contributed by atoms with Gasteiger partial charge in [0.2, 0.25) is 0 Å². The van der Waals surface area contributed by atoms with Crippen molar-refractivity contribution in [3.8, 4) is 0 Å². The summed E-state index contributed by atoms with van der Waals surface area (Å²) in [5.41, 5.74) is 4.62. The molecule has 0 aliphatic heterocycles. The predicted molar refractivity (Wildman–Crippen MR) is 84.8 cm³/mol. The third-order valence-corrected chi connectivity index (χ3v) is 5.19. The van der Waals surface area contributed by atoms with Crippen LogP contribution in [0.25, 0.3) is 0 Å². The van der Waals surface area contributed by atoms with Gasteiger partial charge in [-0.3, -0.25) is 0 Å². The van der Waals surface area contributed by atoms with E-state index in [-0.39, 0.29) is 6.04 Å². The third-order valence-electron chi connectivity index (χ3n) is 5.19. The van der Waals surface area contributed by atoms with Crippen molar-refractivity contribution in [2.24, 2.45) is 11.7 Å². The Morgan fingerprint density at radius 3 is 2.33 bits per heavy atom. The molecule has 2 fully saturated rings. The zero-order valence-corrected chi connectivity index (χ0v) is 14.0. The molecule has 0 saturated heterocycles. The zero-order chi connectivity index (χ0) is 17.8. The molecule has 2 nitrogen and oxygen atoms in total. The molecule has 0 radical (unpaired) electrons. The monoisotopic (exact) mass is 344 g/mol. The van der Waals surface area contributed by atoms with Crippen LogP contribution in [-0.4, -0.2) is 11.6 Å². The maximum Gasteiger partial charge on any atom is 0.419 e. The molecule has 0 spiro atoms. The number of rotatable bonds is 6. The topological polar surface area (TPSA) is 38.0 Å². The summed E-state index contributed by atoms with van der Waals surface area (Å²) in [4.78, 5) is 0. The molecular weight excluding hydrogens is 320 g/mol. The van der Waals surface area contributed by atoms with Gasteiger partial charge in [-0.1, -0.05) is 18.9 Å². The number of benzene rings is 1. The van der Waals surface area contributed by atoms with Crippen molar-refractivity contribution in [3.63, 3.8) is 0 Å². The van der Waals surface area contributed by atoms with Gasteiger partial charge >= 0.3 is 6.18 Å². The normalized spacial score (nSPS) is 21.6. The van der Waals surface area contributed by atoms with E-state index in [9.17, 15) is 17.6 Å². The zero-order valence-electron chi connectivity index (χ0n) is 14.0. The van der Waals surface area contributed by atoms with Gasteiger partial charge in [0.15, 0.2) is 0 Å². The van der Waals surface area contributed by atoms with E-state index in [2.05, 4.69) is 5.32 Å². The molecule has 0 bridgehead atoms. The maximum absolute atomic E-state index is 13.5. The van der Waals surface area contributed by atoms with Gasteiger partial charge in [-0.05, 0) is 56.7 Å². The van der Waals surface area contributed by atoms with Crippen LogP contribution < -0.4 is 11.1 Å². The molecule has 24 heavy (non-hydrogen) atoms. The maximum atomic E-state index is 13.5. The van der Waals surface area contributed by atoms with Crippen LogP contribution in [0.1, 0.15) is 57.1 Å². The van der Waals surface area contributed by atoms with Crippen molar-refractivity contribution in [2.75, 3.05) is 0 Å². The smallest absolute Gasteiger partial charge is 0.324 e. The third kappa shape index (κ3) is 3.75. The first-order valence-electron chi connectivity index (χ1n) is 8.45. The lowest BCUT2D eigenvalue weighted by Crippen LogP contribution is -2.56. The van der Waals surface area contributed by atoms with Crippen LogP contribution >= 0.6 is 0 Å². The molecule has 1 aromatic carbocycles. The van der Waals surface area contributed by atoms with Crippen LogP contribution in [0, 0.1) is 11.7 Å². The van der Waals surface area contributed by atoms with E-state index in [1.165, 1.54) is 18.9 Å². The molecule has 1 atom stereocenters. The Balaban J connectivity index is 1.85. The van der Waals surface area contributed by atoms with Crippen LogP contribution in [0.3, 0.4) is 0 Å². The Morgan fingerprint density at radius 2 is 1.88 bits per heavy atom. The molecule has 0 amide bonds. The summed E-state index contributed by atoms with van der Waals surface area (Å²) in [5.74, 6) is -0.573. The minimum absolute atomic E-state index is 0.0203. The number of halogens is 4. The molecule has 2 aliphatic rings. The Hall–Kier alpha value is -1.14. The first kappa shape index (κ1) is 17.7. The summed E-state index contributed by atoms with van der Waals surface area (Å²) in [7, 11) is 0. The van der Waals surface area contributed by atoms with E-state index >= 15 is 0 Å². The van der Waals surface area contributed by atoms with Gasteiger partial charge in [0.25, 0.3) is 0 Å². The standard InChI is InChI=1S/C18H24F4N2/c1-16(2,23)15(9-11-3-4-11)24-17(7-8-17)12-5-6-14(19)13(10-12)18(20,21)22/h5-6,10-11,15,24H,3-4,7-9,23H2,1-2H3. The summed E-state index contributed by atoms with van der Waals surface area (Å²) in [6.45, 7) is 3.88. The summed E-state index contributed by atoms with van der Waals surface area (Å²) < 4.78 is 52.5. The fraction of sp³-hybridized carbons (Fsp3) is 0.667. The second kappa shape index (κ2) is 5.70. The van der Waals surface area contributed by atoms with Crippen LogP contribution in [0.4, 0.5) is 17.6 Å². The molecule has 1 unspecified atom stereocenters. The van der Waals surface area contributed by atoms with Gasteiger partial charge < -0.3 is 11.1 Å². The first-order chi connectivity index (χ1) is 11.0. The van der Waals surface area contributed by atoms with Gasteiger partial charge in [0.05, 0.1) is 5.56 Å². The lowest BCUT2D eigenvalue weighted by molar-refractivity contribution is -0.140. The van der Waals surface area contributed by atoms with Crippen molar-refractivity contribution in [3.05, 3.63) is 35.1 Å². The predicted octanol–water partition coefficient (Wildman–Crippen LogP) is 4.33. The summed E-state index contributed by atoms with van der Waals surface area (Å²) in [6, 6.07) is 3.35. The Morgan fingerprint density at radius 1 is 1.25 bits per heavy atom. The number of hydrogen-bond donors (Lipinski definition) is 2. The lowest BCUT2D eigenvalue weighted by atomic mass is 9.89. The van der Waals surface area contributed by atoms with Gasteiger partial charge in [-0.25, -0.2) is 4.39 Å². The van der Waals surface area contributed by atoms with Crippen molar-refractivity contribution in [1.29, 1.82) is 0 Å². The van der Waals surface area contributed by atoms with Crippen LogP contribution in [-0.2, 0) is 11.7 Å². The van der Waals surface area contributed by atoms with E-state index in [0.29, 0.717) is 11.5 Å². The molecular formula is C18H24F4N2. The van der Waals surface area contributed by atoms with Crippen molar-refractivity contribution < 1.29 is 17.6 Å². The Bertz CT molecular complexity index is 610. The van der Waals surface area contributed by atoms with E-state index in [0.717, 1.165) is 31.4 Å². The van der Waals surface area contributed by atoms with E-state index < -0.39 is 28.6 Å². The minimum atomic E-state index is -4.68. The number of nitrogens with one attached hydrogen (secondary N) is 1.